The smallest absolute Gasteiger partial charge is 0.224 e. The van der Waals surface area contributed by atoms with E-state index in [0.29, 0.717) is 11.3 Å². The number of nitrogen functional groups attached to an aromatic ring is 1. The normalized spacial score (nSPS) is 12.4. The molecule has 0 aliphatic rings. The number of methoxy groups -OCH3 is 2. The van der Waals surface area contributed by atoms with Crippen molar-refractivity contribution >= 4 is 21.3 Å². The summed E-state index contributed by atoms with van der Waals surface area (Å²) < 4.78 is 51.1. The molecule has 0 radical (unpaired) electrons. The van der Waals surface area contributed by atoms with Crippen LogP contribution in [0.5, 0.6) is 11.6 Å². The van der Waals surface area contributed by atoms with Gasteiger partial charge in [0.15, 0.2) is 21.5 Å². The molecule has 3 heterocycles. The van der Waals surface area contributed by atoms with Crippen molar-refractivity contribution in [2.45, 2.75) is 30.4 Å². The Hall–Kier alpha value is -2.88. The van der Waals surface area contributed by atoms with Gasteiger partial charge in [0.25, 0.3) is 0 Å². The Balaban J connectivity index is 2.35. The Kier molecular flexibility index (Phi) is 4.70. The molecule has 3 aromatic rings. The zero-order valence-corrected chi connectivity index (χ0v) is 17.0. The number of rotatable bonds is 4. The first-order valence-corrected chi connectivity index (χ1v) is 9.79. The monoisotopic (exact) mass is 408 g/mol. The van der Waals surface area contributed by atoms with Gasteiger partial charge >= 0.3 is 0 Å². The number of imidazole rings is 1. The minimum absolute atomic E-state index is 0.00269. The number of anilines is 1. The summed E-state index contributed by atoms with van der Waals surface area (Å²) in [5.41, 5.74) is 6.61. The fourth-order valence-electron chi connectivity index (χ4n) is 2.70. The van der Waals surface area contributed by atoms with Crippen molar-refractivity contribution in [1.82, 2.24) is 14.4 Å². The van der Waals surface area contributed by atoms with E-state index >= 15 is 0 Å². The van der Waals surface area contributed by atoms with Crippen LogP contribution >= 0.6 is 0 Å². The largest absolute Gasteiger partial charge is 0.495 e. The van der Waals surface area contributed by atoms with Crippen LogP contribution in [0.3, 0.4) is 0 Å². The molecule has 0 spiro atoms. The van der Waals surface area contributed by atoms with Crippen LogP contribution in [0, 0.1) is 5.82 Å². The van der Waals surface area contributed by atoms with E-state index in [-0.39, 0.29) is 27.9 Å². The van der Waals surface area contributed by atoms with Gasteiger partial charge in [0.1, 0.15) is 16.3 Å². The second-order valence-corrected chi connectivity index (χ2v) is 9.78. The van der Waals surface area contributed by atoms with Gasteiger partial charge in [-0.3, -0.25) is 4.40 Å². The molecule has 0 amide bonds. The summed E-state index contributed by atoms with van der Waals surface area (Å²) in [5, 5.41) is 0. The number of hydrogen-bond acceptors (Lipinski definition) is 7. The van der Waals surface area contributed by atoms with Gasteiger partial charge in [-0.05, 0) is 26.8 Å². The van der Waals surface area contributed by atoms with E-state index < -0.39 is 20.4 Å². The fraction of sp³-hybridized carbons (Fsp3) is 0.333. The highest BCUT2D eigenvalue weighted by Gasteiger charge is 2.34. The van der Waals surface area contributed by atoms with Crippen LogP contribution in [0.25, 0.3) is 16.9 Å². The predicted octanol–water partition coefficient (Wildman–Crippen LogP) is 2.71. The quantitative estimate of drug-likeness (QED) is 0.707. The number of fused-ring (bicyclic) bond motifs is 1. The van der Waals surface area contributed by atoms with Gasteiger partial charge in [0, 0.05) is 12.3 Å². The van der Waals surface area contributed by atoms with Gasteiger partial charge in [-0.25, -0.2) is 17.8 Å². The third-order valence-electron chi connectivity index (χ3n) is 4.33. The Labute approximate surface area is 162 Å². The molecule has 3 rings (SSSR count). The van der Waals surface area contributed by atoms with E-state index in [4.69, 9.17) is 15.2 Å². The summed E-state index contributed by atoms with van der Waals surface area (Å²) in [5.74, 6) is -0.751. The maximum atomic E-state index is 14.0. The van der Waals surface area contributed by atoms with Gasteiger partial charge in [0.2, 0.25) is 5.88 Å². The highest BCUT2D eigenvalue weighted by molar-refractivity contribution is 7.92. The Morgan fingerprint density at radius 2 is 1.86 bits per heavy atom. The van der Waals surface area contributed by atoms with Crippen LogP contribution in [0.2, 0.25) is 0 Å². The summed E-state index contributed by atoms with van der Waals surface area (Å²) in [6.45, 7) is 4.80. The molecule has 0 saturated carbocycles. The molecule has 2 N–H and O–H groups in total. The molecule has 150 valence electrons. The van der Waals surface area contributed by atoms with Gasteiger partial charge < -0.3 is 15.2 Å². The lowest BCUT2D eigenvalue weighted by atomic mass is 10.2. The summed E-state index contributed by atoms with van der Waals surface area (Å²) in [6.07, 6.45) is 2.88. The number of pyridine rings is 2. The van der Waals surface area contributed by atoms with Crippen molar-refractivity contribution in [3.63, 3.8) is 0 Å². The van der Waals surface area contributed by atoms with E-state index in [2.05, 4.69) is 9.97 Å². The first kappa shape index (κ1) is 19.9. The van der Waals surface area contributed by atoms with Crippen LogP contribution in [0.1, 0.15) is 20.8 Å². The molecule has 0 aliphatic heterocycles. The highest BCUT2D eigenvalue weighted by atomic mass is 32.2. The molecule has 0 aromatic carbocycles. The number of aromatic nitrogens is 3. The molecule has 0 bridgehead atoms. The fourth-order valence-corrected chi connectivity index (χ4v) is 4.01. The second-order valence-electron chi connectivity index (χ2n) is 7.11. The lowest BCUT2D eigenvalue weighted by Crippen LogP contribution is -2.28. The highest BCUT2D eigenvalue weighted by Crippen LogP contribution is 2.36. The van der Waals surface area contributed by atoms with Gasteiger partial charge in [0.05, 0.1) is 36.4 Å². The zero-order chi connectivity index (χ0) is 20.9. The minimum Gasteiger partial charge on any atom is -0.495 e. The lowest BCUT2D eigenvalue weighted by molar-refractivity contribution is 0.398. The maximum absolute atomic E-state index is 14.0. The molecule has 10 heteroatoms. The van der Waals surface area contributed by atoms with Crippen molar-refractivity contribution in [1.29, 1.82) is 0 Å². The third-order valence-corrected chi connectivity index (χ3v) is 6.83. The number of sulfone groups is 1. The van der Waals surface area contributed by atoms with E-state index in [9.17, 15) is 12.8 Å². The predicted molar refractivity (Wildman–Crippen MR) is 103 cm³/mol. The van der Waals surface area contributed by atoms with E-state index in [0.717, 1.165) is 0 Å². The topological polar surface area (TPSA) is 109 Å². The molecule has 0 aliphatic carbocycles. The second kappa shape index (κ2) is 6.62. The zero-order valence-electron chi connectivity index (χ0n) is 16.1. The summed E-state index contributed by atoms with van der Waals surface area (Å²) in [6, 6.07) is 2.68. The van der Waals surface area contributed by atoms with Crippen LogP contribution in [0.4, 0.5) is 10.2 Å². The van der Waals surface area contributed by atoms with Crippen molar-refractivity contribution in [3.8, 4) is 22.9 Å². The molecule has 0 saturated heterocycles. The number of halogens is 1. The minimum atomic E-state index is -3.73. The molecular formula is C18H21FN4O4S. The summed E-state index contributed by atoms with van der Waals surface area (Å²) in [7, 11) is -0.964. The standard InChI is InChI=1S/C18H21FN4O4S/c1-18(2,3)28(24,25)14-9-23-12(8-21-15(23)7-13(14)26-4)10-6-11(19)16(20)22-17(10)27-5/h6-9H,1-5H3,(H2,20,22). The Morgan fingerprint density at radius 1 is 1.18 bits per heavy atom. The van der Waals surface area contributed by atoms with Crippen LogP contribution in [0.15, 0.2) is 29.4 Å². The van der Waals surface area contributed by atoms with Crippen molar-refractivity contribution in [3.05, 3.63) is 30.3 Å². The maximum Gasteiger partial charge on any atom is 0.224 e. The van der Waals surface area contributed by atoms with E-state index in [1.165, 1.54) is 43.1 Å². The van der Waals surface area contributed by atoms with Crippen molar-refractivity contribution in [2.75, 3.05) is 20.0 Å². The lowest BCUT2D eigenvalue weighted by Gasteiger charge is -2.21. The van der Waals surface area contributed by atoms with Crippen LogP contribution < -0.4 is 15.2 Å². The number of nitrogens with two attached hydrogens (primary N) is 1. The average molecular weight is 408 g/mol. The molecule has 0 unspecified atom stereocenters. The SMILES string of the molecule is COc1cc2ncc(-c3cc(F)c(N)nc3OC)n2cc1S(=O)(=O)C(C)(C)C. The first-order valence-electron chi connectivity index (χ1n) is 8.31. The van der Waals surface area contributed by atoms with E-state index in [1.54, 1.807) is 20.8 Å². The first-order chi connectivity index (χ1) is 13.0. The van der Waals surface area contributed by atoms with Crippen LogP contribution in [-0.4, -0.2) is 41.8 Å². The Bertz CT molecular complexity index is 1170. The number of hydrogen-bond donors (Lipinski definition) is 1. The number of ether oxygens (including phenoxy) is 2. The number of nitrogens with zero attached hydrogens (tertiary/aromatic N) is 3. The third kappa shape index (κ3) is 3.03. The molecule has 8 nitrogen and oxygen atoms in total. The molecule has 0 fully saturated rings. The summed E-state index contributed by atoms with van der Waals surface area (Å²) in [4.78, 5) is 8.16. The average Bonchev–Trinajstić information content (AvgIpc) is 3.04. The van der Waals surface area contributed by atoms with Gasteiger partial charge in [-0.2, -0.15) is 4.98 Å². The van der Waals surface area contributed by atoms with Crippen molar-refractivity contribution in [2.24, 2.45) is 0 Å². The molecule has 0 atom stereocenters. The van der Waals surface area contributed by atoms with Gasteiger partial charge in [-0.1, -0.05) is 0 Å². The molecule has 28 heavy (non-hydrogen) atoms. The van der Waals surface area contributed by atoms with Crippen molar-refractivity contribution < 1.29 is 22.3 Å². The molecular weight excluding hydrogens is 387 g/mol. The Morgan fingerprint density at radius 3 is 2.43 bits per heavy atom. The molecule has 3 aromatic heterocycles. The van der Waals surface area contributed by atoms with E-state index in [1.807, 2.05) is 0 Å². The summed E-state index contributed by atoms with van der Waals surface area (Å²) >= 11 is 0. The van der Waals surface area contributed by atoms with Gasteiger partial charge in [-0.15, -0.1) is 0 Å². The van der Waals surface area contributed by atoms with Crippen LogP contribution in [-0.2, 0) is 9.84 Å².